The van der Waals surface area contributed by atoms with E-state index in [1.807, 2.05) is 23.1 Å². The molecule has 15 heavy (non-hydrogen) atoms. The predicted molar refractivity (Wildman–Crippen MR) is 60.9 cm³/mol. The first-order chi connectivity index (χ1) is 7.29. The molecule has 0 spiro atoms. The zero-order valence-corrected chi connectivity index (χ0v) is 9.29. The summed E-state index contributed by atoms with van der Waals surface area (Å²) in [5.74, 6) is 0. The Morgan fingerprint density at radius 2 is 2.40 bits per heavy atom. The molecule has 0 saturated heterocycles. The van der Waals surface area contributed by atoms with Gasteiger partial charge in [0.15, 0.2) is 4.77 Å². The van der Waals surface area contributed by atoms with E-state index in [9.17, 15) is 0 Å². The average Bonchev–Trinajstić information content (AvgIpc) is 2.67. The standard InChI is InChI=1S/C10H12N4S/c1-2-5-14-7-8(6-12-14)9-3-4-11-10(15)13-9/h3-4,6-7H,2,5H2,1H3,(H,11,13,15). The molecule has 0 aliphatic heterocycles. The van der Waals surface area contributed by atoms with Crippen molar-refractivity contribution in [3.05, 3.63) is 29.4 Å². The van der Waals surface area contributed by atoms with E-state index in [1.54, 1.807) is 6.20 Å². The Labute approximate surface area is 93.0 Å². The van der Waals surface area contributed by atoms with Crippen LogP contribution in [-0.2, 0) is 6.54 Å². The first-order valence-corrected chi connectivity index (χ1v) is 5.28. The molecule has 1 N–H and O–H groups in total. The van der Waals surface area contributed by atoms with Gasteiger partial charge in [0, 0.05) is 24.5 Å². The molecule has 78 valence electrons. The minimum atomic E-state index is 0.496. The largest absolute Gasteiger partial charge is 0.330 e. The van der Waals surface area contributed by atoms with E-state index in [2.05, 4.69) is 22.0 Å². The zero-order chi connectivity index (χ0) is 10.7. The first kappa shape index (κ1) is 10.0. The summed E-state index contributed by atoms with van der Waals surface area (Å²) in [7, 11) is 0. The summed E-state index contributed by atoms with van der Waals surface area (Å²) in [4.78, 5) is 6.97. The highest BCUT2D eigenvalue weighted by Crippen LogP contribution is 2.14. The third-order valence-electron chi connectivity index (χ3n) is 2.07. The molecule has 2 heterocycles. The van der Waals surface area contributed by atoms with Crippen LogP contribution in [0.25, 0.3) is 11.3 Å². The van der Waals surface area contributed by atoms with Crippen LogP contribution >= 0.6 is 12.2 Å². The summed E-state index contributed by atoms with van der Waals surface area (Å²) in [6.45, 7) is 3.06. The van der Waals surface area contributed by atoms with Crippen molar-refractivity contribution in [2.75, 3.05) is 0 Å². The number of nitrogens with zero attached hydrogens (tertiary/aromatic N) is 3. The quantitative estimate of drug-likeness (QED) is 0.808. The summed E-state index contributed by atoms with van der Waals surface area (Å²) in [6, 6.07) is 1.89. The van der Waals surface area contributed by atoms with Gasteiger partial charge in [-0.1, -0.05) is 6.92 Å². The van der Waals surface area contributed by atoms with Gasteiger partial charge in [0.25, 0.3) is 0 Å². The first-order valence-electron chi connectivity index (χ1n) is 4.88. The van der Waals surface area contributed by atoms with E-state index in [1.165, 1.54) is 0 Å². The number of hydrogen-bond donors (Lipinski definition) is 1. The number of aryl methyl sites for hydroxylation is 1. The van der Waals surface area contributed by atoms with E-state index in [0.29, 0.717) is 4.77 Å². The minimum Gasteiger partial charge on any atom is -0.330 e. The Morgan fingerprint density at radius 1 is 1.53 bits per heavy atom. The Balaban J connectivity index is 2.33. The molecule has 2 rings (SSSR count). The molecule has 0 atom stereocenters. The molecular weight excluding hydrogens is 208 g/mol. The third-order valence-corrected chi connectivity index (χ3v) is 2.28. The average molecular weight is 220 g/mol. The lowest BCUT2D eigenvalue weighted by molar-refractivity contribution is 0.603. The van der Waals surface area contributed by atoms with Crippen LogP contribution in [0.1, 0.15) is 13.3 Å². The van der Waals surface area contributed by atoms with Crippen LogP contribution in [0.2, 0.25) is 0 Å². The van der Waals surface area contributed by atoms with E-state index in [-0.39, 0.29) is 0 Å². The summed E-state index contributed by atoms with van der Waals surface area (Å²) >= 11 is 4.96. The molecule has 0 bridgehead atoms. The zero-order valence-electron chi connectivity index (χ0n) is 8.47. The molecule has 5 heteroatoms. The van der Waals surface area contributed by atoms with Crippen molar-refractivity contribution in [2.24, 2.45) is 0 Å². The second kappa shape index (κ2) is 4.35. The Hall–Kier alpha value is -1.49. The van der Waals surface area contributed by atoms with Crippen LogP contribution in [0.5, 0.6) is 0 Å². The van der Waals surface area contributed by atoms with Crippen LogP contribution < -0.4 is 0 Å². The summed E-state index contributed by atoms with van der Waals surface area (Å²) in [6.07, 6.45) is 6.61. The lowest BCUT2D eigenvalue weighted by Crippen LogP contribution is -1.95. The van der Waals surface area contributed by atoms with Crippen molar-refractivity contribution in [2.45, 2.75) is 19.9 Å². The monoisotopic (exact) mass is 220 g/mol. The van der Waals surface area contributed by atoms with Gasteiger partial charge in [0.1, 0.15) is 0 Å². The molecular formula is C10H12N4S. The second-order valence-corrected chi connectivity index (χ2v) is 3.67. The van der Waals surface area contributed by atoms with Crippen LogP contribution in [0, 0.1) is 4.77 Å². The summed E-state index contributed by atoms with van der Waals surface area (Å²) in [5.41, 5.74) is 1.99. The molecule has 2 aromatic heterocycles. The number of H-pyrrole nitrogens is 1. The van der Waals surface area contributed by atoms with Crippen LogP contribution in [0.3, 0.4) is 0 Å². The molecule has 0 aromatic carbocycles. The normalized spacial score (nSPS) is 10.5. The van der Waals surface area contributed by atoms with Gasteiger partial charge in [-0.25, -0.2) is 4.98 Å². The number of aromatic amines is 1. The van der Waals surface area contributed by atoms with E-state index >= 15 is 0 Å². The maximum absolute atomic E-state index is 4.96. The van der Waals surface area contributed by atoms with Gasteiger partial charge in [0.05, 0.1) is 11.9 Å². The lowest BCUT2D eigenvalue weighted by Gasteiger charge is -1.96. The van der Waals surface area contributed by atoms with Crippen molar-refractivity contribution in [1.82, 2.24) is 19.7 Å². The molecule has 0 amide bonds. The smallest absolute Gasteiger partial charge is 0.197 e. The Morgan fingerprint density at radius 3 is 3.13 bits per heavy atom. The van der Waals surface area contributed by atoms with Crippen molar-refractivity contribution in [1.29, 1.82) is 0 Å². The number of aromatic nitrogens is 4. The van der Waals surface area contributed by atoms with Gasteiger partial charge < -0.3 is 4.98 Å². The van der Waals surface area contributed by atoms with E-state index in [0.717, 1.165) is 24.2 Å². The van der Waals surface area contributed by atoms with Crippen molar-refractivity contribution in [3.63, 3.8) is 0 Å². The van der Waals surface area contributed by atoms with Gasteiger partial charge in [-0.2, -0.15) is 5.10 Å². The van der Waals surface area contributed by atoms with Gasteiger partial charge >= 0.3 is 0 Å². The highest BCUT2D eigenvalue weighted by atomic mass is 32.1. The molecule has 0 radical (unpaired) electrons. The maximum Gasteiger partial charge on any atom is 0.197 e. The highest BCUT2D eigenvalue weighted by molar-refractivity contribution is 7.71. The minimum absolute atomic E-state index is 0.496. The van der Waals surface area contributed by atoms with E-state index in [4.69, 9.17) is 12.2 Å². The van der Waals surface area contributed by atoms with E-state index < -0.39 is 0 Å². The molecule has 0 saturated carbocycles. The Kier molecular flexibility index (Phi) is 2.91. The summed E-state index contributed by atoms with van der Waals surface area (Å²) in [5, 5.41) is 4.25. The number of nitrogens with one attached hydrogen (secondary N) is 1. The lowest BCUT2D eigenvalue weighted by atomic mass is 10.2. The predicted octanol–water partition coefficient (Wildman–Crippen LogP) is 2.41. The fourth-order valence-electron chi connectivity index (χ4n) is 1.39. The summed E-state index contributed by atoms with van der Waals surface area (Å²) < 4.78 is 2.42. The van der Waals surface area contributed by atoms with Crippen LogP contribution in [0.4, 0.5) is 0 Å². The van der Waals surface area contributed by atoms with Crippen molar-refractivity contribution >= 4 is 12.2 Å². The van der Waals surface area contributed by atoms with Gasteiger partial charge in [0.2, 0.25) is 0 Å². The van der Waals surface area contributed by atoms with Gasteiger partial charge in [-0.05, 0) is 24.7 Å². The molecule has 2 aromatic rings. The van der Waals surface area contributed by atoms with Crippen molar-refractivity contribution < 1.29 is 0 Å². The van der Waals surface area contributed by atoms with Crippen LogP contribution in [-0.4, -0.2) is 19.7 Å². The van der Waals surface area contributed by atoms with Crippen LogP contribution in [0.15, 0.2) is 24.7 Å². The van der Waals surface area contributed by atoms with Gasteiger partial charge in [-0.15, -0.1) is 0 Å². The number of hydrogen-bond acceptors (Lipinski definition) is 3. The molecule has 0 aliphatic rings. The fourth-order valence-corrected chi connectivity index (χ4v) is 1.56. The number of rotatable bonds is 3. The maximum atomic E-state index is 4.96. The fraction of sp³-hybridized carbons (Fsp3) is 0.300. The topological polar surface area (TPSA) is 46.5 Å². The third kappa shape index (κ3) is 2.30. The SMILES string of the molecule is CCCn1cc(-c2ccnc(=S)[nH]2)cn1. The van der Waals surface area contributed by atoms with Gasteiger partial charge in [-0.3, -0.25) is 4.68 Å². The second-order valence-electron chi connectivity index (χ2n) is 3.28. The molecule has 0 unspecified atom stereocenters. The van der Waals surface area contributed by atoms with Crippen molar-refractivity contribution in [3.8, 4) is 11.3 Å². The Bertz CT molecular complexity index is 500. The molecule has 0 aliphatic carbocycles. The highest BCUT2D eigenvalue weighted by Gasteiger charge is 2.01. The molecule has 0 fully saturated rings. The molecule has 4 nitrogen and oxygen atoms in total.